The van der Waals surface area contributed by atoms with Gasteiger partial charge in [-0.15, -0.1) is 0 Å². The van der Waals surface area contributed by atoms with Gasteiger partial charge in [0.2, 0.25) is 0 Å². The summed E-state index contributed by atoms with van der Waals surface area (Å²) in [6.07, 6.45) is 7.07. The van der Waals surface area contributed by atoms with Gasteiger partial charge in [-0.2, -0.15) is 11.8 Å². The van der Waals surface area contributed by atoms with E-state index in [4.69, 9.17) is 0 Å². The molecule has 0 aromatic carbocycles. The topological polar surface area (TPSA) is 32.9 Å². The van der Waals surface area contributed by atoms with Gasteiger partial charge in [-0.05, 0) is 25.0 Å². The van der Waals surface area contributed by atoms with Crippen LogP contribution in [-0.4, -0.2) is 21.8 Å². The number of carbonyl (C=O) groups excluding carboxylic acids is 1. The van der Waals surface area contributed by atoms with Gasteiger partial charge in [0.15, 0.2) is 5.78 Å². The van der Waals surface area contributed by atoms with E-state index in [2.05, 4.69) is 4.98 Å². The average molecular weight is 209 g/mol. The summed E-state index contributed by atoms with van der Waals surface area (Å²) >= 11 is 1.82. The molecule has 1 aliphatic carbocycles. The van der Waals surface area contributed by atoms with Crippen LogP contribution in [0.4, 0.5) is 0 Å². The van der Waals surface area contributed by atoms with Crippen LogP contribution in [0.15, 0.2) is 18.3 Å². The minimum atomic E-state index is 0.229. The van der Waals surface area contributed by atoms with Crippen LogP contribution < -0.4 is 0 Å². The van der Waals surface area contributed by atoms with E-state index in [9.17, 15) is 4.79 Å². The van der Waals surface area contributed by atoms with Gasteiger partial charge in [-0.25, -0.2) is 0 Å². The molecule has 0 atom stereocenters. The lowest BCUT2D eigenvalue weighted by Gasteiger charge is -2.06. The number of ketones is 1. The summed E-state index contributed by atoms with van der Waals surface area (Å²) in [5, 5.41) is 0.730. The van der Waals surface area contributed by atoms with E-state index in [0.29, 0.717) is 5.75 Å². The van der Waals surface area contributed by atoms with Gasteiger partial charge in [-0.3, -0.25) is 4.79 Å². The Morgan fingerprint density at radius 3 is 2.93 bits per heavy atom. The van der Waals surface area contributed by atoms with Gasteiger partial charge in [0.25, 0.3) is 0 Å². The Balaban J connectivity index is 1.78. The molecule has 1 aromatic rings. The normalized spacial score (nSPS) is 17.4. The maximum atomic E-state index is 11.6. The molecule has 1 heterocycles. The lowest BCUT2D eigenvalue weighted by molar-refractivity contribution is 0.101. The molecule has 1 N–H and O–H groups in total. The molecule has 2 nitrogen and oxygen atoms in total. The Labute approximate surface area is 88.5 Å². The highest BCUT2D eigenvalue weighted by Gasteiger charge is 2.17. The fourth-order valence-electron chi connectivity index (χ4n) is 1.83. The molecule has 0 spiro atoms. The number of aromatic nitrogens is 1. The highest BCUT2D eigenvalue weighted by Crippen LogP contribution is 2.29. The van der Waals surface area contributed by atoms with Crippen molar-refractivity contribution in [2.45, 2.75) is 30.9 Å². The molecule has 1 saturated carbocycles. The Kier molecular flexibility index (Phi) is 3.30. The molecule has 0 unspecified atom stereocenters. The smallest absolute Gasteiger partial charge is 0.188 e. The van der Waals surface area contributed by atoms with Crippen LogP contribution in [0.3, 0.4) is 0 Å². The summed E-state index contributed by atoms with van der Waals surface area (Å²) in [5.74, 6) is 0.859. The van der Waals surface area contributed by atoms with E-state index in [0.717, 1.165) is 10.9 Å². The zero-order valence-corrected chi connectivity index (χ0v) is 8.98. The number of Topliss-reactive ketones (excluding diaryl/α,β-unsaturated/α-hetero) is 1. The van der Waals surface area contributed by atoms with Gasteiger partial charge in [0, 0.05) is 11.4 Å². The van der Waals surface area contributed by atoms with Gasteiger partial charge < -0.3 is 4.98 Å². The second kappa shape index (κ2) is 4.69. The van der Waals surface area contributed by atoms with Gasteiger partial charge >= 0.3 is 0 Å². The van der Waals surface area contributed by atoms with Crippen molar-refractivity contribution in [1.29, 1.82) is 0 Å². The highest BCUT2D eigenvalue weighted by molar-refractivity contribution is 8.00. The van der Waals surface area contributed by atoms with E-state index in [1.54, 1.807) is 6.20 Å². The van der Waals surface area contributed by atoms with Crippen molar-refractivity contribution in [3.8, 4) is 0 Å². The van der Waals surface area contributed by atoms with Crippen molar-refractivity contribution in [1.82, 2.24) is 4.98 Å². The Morgan fingerprint density at radius 1 is 1.50 bits per heavy atom. The lowest BCUT2D eigenvalue weighted by Crippen LogP contribution is -2.06. The monoisotopic (exact) mass is 209 g/mol. The zero-order valence-electron chi connectivity index (χ0n) is 8.16. The second-order valence-corrected chi connectivity index (χ2v) is 5.01. The summed E-state index contributed by atoms with van der Waals surface area (Å²) < 4.78 is 0. The van der Waals surface area contributed by atoms with E-state index in [-0.39, 0.29) is 5.78 Å². The maximum absolute atomic E-state index is 11.6. The number of aromatic amines is 1. The van der Waals surface area contributed by atoms with Crippen molar-refractivity contribution in [3.63, 3.8) is 0 Å². The largest absolute Gasteiger partial charge is 0.359 e. The average Bonchev–Trinajstić information content (AvgIpc) is 2.87. The fourth-order valence-corrected chi connectivity index (χ4v) is 3.04. The predicted molar refractivity (Wildman–Crippen MR) is 59.8 cm³/mol. The number of thioether (sulfide) groups is 1. The molecule has 1 aliphatic rings. The summed E-state index contributed by atoms with van der Waals surface area (Å²) in [6.45, 7) is 0. The molecule has 14 heavy (non-hydrogen) atoms. The summed E-state index contributed by atoms with van der Waals surface area (Å²) in [6, 6.07) is 3.71. The molecular weight excluding hydrogens is 194 g/mol. The molecule has 1 aromatic heterocycles. The van der Waals surface area contributed by atoms with Crippen molar-refractivity contribution >= 4 is 17.5 Å². The molecule has 1 fully saturated rings. The number of hydrogen-bond acceptors (Lipinski definition) is 2. The zero-order chi connectivity index (χ0) is 9.80. The van der Waals surface area contributed by atoms with Crippen LogP contribution in [0, 0.1) is 0 Å². The minimum absolute atomic E-state index is 0.229. The first kappa shape index (κ1) is 9.84. The van der Waals surface area contributed by atoms with Gasteiger partial charge in [0.05, 0.1) is 11.4 Å². The fraction of sp³-hybridized carbons (Fsp3) is 0.545. The predicted octanol–water partition coefficient (Wildman–Crippen LogP) is 2.87. The van der Waals surface area contributed by atoms with Crippen LogP contribution in [-0.2, 0) is 0 Å². The molecule has 0 aliphatic heterocycles. The van der Waals surface area contributed by atoms with Crippen molar-refractivity contribution in [2.24, 2.45) is 0 Å². The van der Waals surface area contributed by atoms with Crippen LogP contribution in [0.5, 0.6) is 0 Å². The van der Waals surface area contributed by atoms with E-state index in [1.807, 2.05) is 23.9 Å². The number of rotatable bonds is 4. The first-order chi connectivity index (χ1) is 6.86. The minimum Gasteiger partial charge on any atom is -0.359 e. The molecule has 2 rings (SSSR count). The highest BCUT2D eigenvalue weighted by atomic mass is 32.2. The number of hydrogen-bond donors (Lipinski definition) is 1. The van der Waals surface area contributed by atoms with Gasteiger partial charge in [-0.1, -0.05) is 12.8 Å². The van der Waals surface area contributed by atoms with E-state index < -0.39 is 0 Å². The van der Waals surface area contributed by atoms with Crippen LogP contribution >= 0.6 is 11.8 Å². The Bertz CT molecular complexity index is 288. The molecule has 76 valence electrons. The molecule has 0 saturated heterocycles. The molecule has 3 heteroatoms. The molecular formula is C11H15NOS. The first-order valence-electron chi connectivity index (χ1n) is 5.14. The SMILES string of the molecule is O=C(CSC1CCCC1)c1ccc[nH]1. The van der Waals surface area contributed by atoms with Crippen LogP contribution in [0.2, 0.25) is 0 Å². The quantitative estimate of drug-likeness (QED) is 0.773. The lowest BCUT2D eigenvalue weighted by atomic mass is 10.3. The number of nitrogens with one attached hydrogen (secondary N) is 1. The Hall–Kier alpha value is -0.700. The van der Waals surface area contributed by atoms with Crippen molar-refractivity contribution in [2.75, 3.05) is 5.75 Å². The van der Waals surface area contributed by atoms with Crippen molar-refractivity contribution < 1.29 is 4.79 Å². The van der Waals surface area contributed by atoms with Crippen LogP contribution in [0.1, 0.15) is 36.2 Å². The maximum Gasteiger partial charge on any atom is 0.188 e. The number of H-pyrrole nitrogens is 1. The second-order valence-electron chi connectivity index (χ2n) is 3.72. The van der Waals surface area contributed by atoms with E-state index >= 15 is 0 Å². The third kappa shape index (κ3) is 2.41. The first-order valence-corrected chi connectivity index (χ1v) is 6.19. The summed E-state index contributed by atoms with van der Waals surface area (Å²) in [7, 11) is 0. The van der Waals surface area contributed by atoms with Gasteiger partial charge in [0.1, 0.15) is 0 Å². The third-order valence-electron chi connectivity index (χ3n) is 2.65. The molecule has 0 amide bonds. The standard InChI is InChI=1S/C11H15NOS/c13-11(10-6-3-7-12-10)8-14-9-4-1-2-5-9/h3,6-7,9,12H,1-2,4-5,8H2. The summed E-state index contributed by atoms with van der Waals surface area (Å²) in [5.41, 5.74) is 0.746. The molecule has 0 radical (unpaired) electrons. The summed E-state index contributed by atoms with van der Waals surface area (Å²) in [4.78, 5) is 14.6. The Morgan fingerprint density at radius 2 is 2.29 bits per heavy atom. The third-order valence-corrected chi connectivity index (χ3v) is 4.02. The molecule has 0 bridgehead atoms. The number of carbonyl (C=O) groups is 1. The van der Waals surface area contributed by atoms with E-state index in [1.165, 1.54) is 25.7 Å². The van der Waals surface area contributed by atoms with Crippen LogP contribution in [0.25, 0.3) is 0 Å². The van der Waals surface area contributed by atoms with Crippen molar-refractivity contribution in [3.05, 3.63) is 24.0 Å².